The van der Waals surface area contributed by atoms with Gasteiger partial charge in [0.15, 0.2) is 0 Å². The fourth-order valence-corrected chi connectivity index (χ4v) is 2.42. The Labute approximate surface area is 151 Å². The van der Waals surface area contributed by atoms with E-state index in [4.69, 9.17) is 17.3 Å². The van der Waals surface area contributed by atoms with Crippen LogP contribution >= 0.6 is 11.6 Å². The van der Waals surface area contributed by atoms with Gasteiger partial charge in [0.25, 0.3) is 0 Å². The molecule has 0 fully saturated rings. The van der Waals surface area contributed by atoms with Crippen molar-refractivity contribution in [2.45, 2.75) is 19.9 Å². The molecule has 4 N–H and O–H groups in total. The Morgan fingerprint density at radius 1 is 1.16 bits per heavy atom. The van der Waals surface area contributed by atoms with Crippen LogP contribution in [-0.4, -0.2) is 11.9 Å². The minimum Gasteiger partial charge on any atom is -0.351 e. The van der Waals surface area contributed by atoms with Crippen molar-refractivity contribution in [1.29, 1.82) is 0 Å². The highest BCUT2D eigenvalue weighted by Crippen LogP contribution is 2.18. The summed E-state index contributed by atoms with van der Waals surface area (Å²) in [6.07, 6.45) is 3.19. The Kier molecular flexibility index (Phi) is 6.19. The number of urea groups is 1. The van der Waals surface area contributed by atoms with Gasteiger partial charge in [-0.1, -0.05) is 35.9 Å². The average Bonchev–Trinajstić information content (AvgIpc) is 2.56. The summed E-state index contributed by atoms with van der Waals surface area (Å²) >= 11 is 6.07. The highest BCUT2D eigenvalue weighted by molar-refractivity contribution is 6.31. The average molecular weight is 358 g/mol. The molecule has 6 heteroatoms. The Bertz CT molecular complexity index is 801. The van der Waals surface area contributed by atoms with Crippen molar-refractivity contribution in [3.63, 3.8) is 0 Å². The topological polar surface area (TPSA) is 84.2 Å². The molecule has 0 aliphatic heterocycles. The largest absolute Gasteiger partial charge is 0.351 e. The summed E-state index contributed by atoms with van der Waals surface area (Å²) in [5.74, 6) is -0.205. The van der Waals surface area contributed by atoms with Gasteiger partial charge in [0.1, 0.15) is 0 Å². The molecule has 5 nitrogen and oxygen atoms in total. The van der Waals surface area contributed by atoms with Gasteiger partial charge in [-0.2, -0.15) is 0 Å². The highest BCUT2D eigenvalue weighted by atomic mass is 35.5. The maximum Gasteiger partial charge on any atom is 0.316 e. The van der Waals surface area contributed by atoms with Crippen molar-refractivity contribution in [3.8, 4) is 0 Å². The lowest BCUT2D eigenvalue weighted by Crippen LogP contribution is -2.24. The number of primary amides is 1. The molecule has 0 spiro atoms. The summed E-state index contributed by atoms with van der Waals surface area (Å²) in [4.78, 5) is 22.9. The van der Waals surface area contributed by atoms with Crippen molar-refractivity contribution < 1.29 is 9.59 Å². The maximum absolute atomic E-state index is 12.1. The molecule has 0 saturated carbocycles. The molecular formula is C19H20ClN3O2. The third kappa shape index (κ3) is 5.65. The molecule has 0 bridgehead atoms. The van der Waals surface area contributed by atoms with Gasteiger partial charge in [-0.3, -0.25) is 4.79 Å². The third-order valence-corrected chi connectivity index (χ3v) is 4.07. The number of carbonyl (C=O) groups is 2. The van der Waals surface area contributed by atoms with E-state index in [0.717, 1.165) is 16.7 Å². The van der Waals surface area contributed by atoms with Crippen LogP contribution in [-0.2, 0) is 4.79 Å². The molecule has 2 aromatic carbocycles. The summed E-state index contributed by atoms with van der Waals surface area (Å²) in [5, 5.41) is 6.04. The molecule has 2 aromatic rings. The first kappa shape index (κ1) is 18.5. The molecule has 0 aliphatic rings. The van der Waals surface area contributed by atoms with Crippen LogP contribution in [0.3, 0.4) is 0 Å². The van der Waals surface area contributed by atoms with Crippen LogP contribution in [0.2, 0.25) is 5.02 Å². The fourth-order valence-electron chi connectivity index (χ4n) is 2.23. The number of nitrogens with one attached hydrogen (secondary N) is 2. The lowest BCUT2D eigenvalue weighted by molar-refractivity contribution is -0.117. The molecule has 0 aromatic heterocycles. The number of rotatable bonds is 5. The van der Waals surface area contributed by atoms with Crippen LogP contribution in [0.5, 0.6) is 0 Å². The van der Waals surface area contributed by atoms with E-state index in [1.54, 1.807) is 18.2 Å². The molecule has 0 saturated heterocycles. The molecule has 25 heavy (non-hydrogen) atoms. The first-order valence-corrected chi connectivity index (χ1v) is 8.14. The van der Waals surface area contributed by atoms with Crippen molar-refractivity contribution in [3.05, 3.63) is 70.3 Å². The van der Waals surface area contributed by atoms with Gasteiger partial charge < -0.3 is 16.4 Å². The minimum atomic E-state index is -0.615. The molecule has 0 aliphatic carbocycles. The van der Waals surface area contributed by atoms with Crippen LogP contribution < -0.4 is 16.4 Å². The normalized spacial score (nSPS) is 12.0. The number of hydrogen-bond acceptors (Lipinski definition) is 2. The number of hydrogen-bond donors (Lipinski definition) is 3. The first-order valence-electron chi connectivity index (χ1n) is 7.76. The number of carbonyl (C=O) groups excluding carboxylic acids is 2. The van der Waals surface area contributed by atoms with E-state index in [-0.39, 0.29) is 11.9 Å². The molecule has 0 radical (unpaired) electrons. The van der Waals surface area contributed by atoms with E-state index in [1.807, 2.05) is 44.2 Å². The standard InChI is InChI=1S/C19H20ClN3O2/c1-12-3-4-14(11-17(12)20)5-10-18(24)22-13(2)15-6-8-16(9-7-15)23-19(21)25/h3-11,13H,1-2H3,(H,22,24)(H3,21,23,25). The molecule has 1 unspecified atom stereocenters. The number of benzene rings is 2. The Hall–Kier alpha value is -2.79. The molecular weight excluding hydrogens is 338 g/mol. The number of halogens is 1. The first-order chi connectivity index (χ1) is 11.8. The van der Waals surface area contributed by atoms with Crippen LogP contribution in [0, 0.1) is 6.92 Å². The second-order valence-corrected chi connectivity index (χ2v) is 6.09. The summed E-state index contributed by atoms with van der Waals surface area (Å²) in [6, 6.07) is 11.9. The van der Waals surface area contributed by atoms with Crippen molar-refractivity contribution in [2.24, 2.45) is 5.73 Å². The van der Waals surface area contributed by atoms with Crippen molar-refractivity contribution in [1.82, 2.24) is 5.32 Å². The van der Waals surface area contributed by atoms with Gasteiger partial charge in [-0.05, 0) is 54.8 Å². The molecule has 3 amide bonds. The fraction of sp³-hybridized carbons (Fsp3) is 0.158. The highest BCUT2D eigenvalue weighted by Gasteiger charge is 2.08. The second-order valence-electron chi connectivity index (χ2n) is 5.68. The lowest BCUT2D eigenvalue weighted by Gasteiger charge is -2.13. The van der Waals surface area contributed by atoms with Gasteiger partial charge in [-0.15, -0.1) is 0 Å². The van der Waals surface area contributed by atoms with E-state index in [9.17, 15) is 9.59 Å². The zero-order valence-electron chi connectivity index (χ0n) is 14.0. The van der Waals surface area contributed by atoms with Crippen LogP contribution in [0.4, 0.5) is 10.5 Å². The van der Waals surface area contributed by atoms with E-state index in [1.165, 1.54) is 6.08 Å². The van der Waals surface area contributed by atoms with Gasteiger partial charge >= 0.3 is 6.03 Å². The third-order valence-electron chi connectivity index (χ3n) is 3.66. The lowest BCUT2D eigenvalue weighted by atomic mass is 10.1. The van der Waals surface area contributed by atoms with Gasteiger partial charge in [-0.25, -0.2) is 4.79 Å². The monoisotopic (exact) mass is 357 g/mol. The minimum absolute atomic E-state index is 0.179. The smallest absolute Gasteiger partial charge is 0.316 e. The van der Waals surface area contributed by atoms with E-state index in [2.05, 4.69) is 10.6 Å². The molecule has 130 valence electrons. The maximum atomic E-state index is 12.1. The Morgan fingerprint density at radius 2 is 1.84 bits per heavy atom. The Balaban J connectivity index is 1.96. The zero-order valence-corrected chi connectivity index (χ0v) is 14.8. The van der Waals surface area contributed by atoms with Crippen molar-refractivity contribution >= 4 is 35.3 Å². The predicted molar refractivity (Wildman–Crippen MR) is 101 cm³/mol. The van der Waals surface area contributed by atoms with E-state index >= 15 is 0 Å². The number of nitrogens with two attached hydrogens (primary N) is 1. The van der Waals surface area contributed by atoms with Gasteiger partial charge in [0, 0.05) is 16.8 Å². The summed E-state index contributed by atoms with van der Waals surface area (Å²) in [7, 11) is 0. The number of anilines is 1. The van der Waals surface area contributed by atoms with Crippen LogP contribution in [0.1, 0.15) is 29.7 Å². The number of aryl methyl sites for hydroxylation is 1. The summed E-state index contributed by atoms with van der Waals surface area (Å²) < 4.78 is 0. The SMILES string of the molecule is Cc1ccc(C=CC(=O)NC(C)c2ccc(NC(N)=O)cc2)cc1Cl. The Morgan fingerprint density at radius 3 is 2.44 bits per heavy atom. The molecule has 2 rings (SSSR count). The predicted octanol–water partition coefficient (Wildman–Crippen LogP) is 4.03. The van der Waals surface area contributed by atoms with Gasteiger partial charge in [0.05, 0.1) is 6.04 Å². The van der Waals surface area contributed by atoms with E-state index < -0.39 is 6.03 Å². The molecule has 0 heterocycles. The van der Waals surface area contributed by atoms with Crippen LogP contribution in [0.15, 0.2) is 48.5 Å². The summed E-state index contributed by atoms with van der Waals surface area (Å²) in [5.41, 5.74) is 8.43. The van der Waals surface area contributed by atoms with Crippen LogP contribution in [0.25, 0.3) is 6.08 Å². The van der Waals surface area contributed by atoms with Gasteiger partial charge in [0.2, 0.25) is 5.91 Å². The quantitative estimate of drug-likeness (QED) is 0.706. The summed E-state index contributed by atoms with van der Waals surface area (Å²) in [6.45, 7) is 3.81. The van der Waals surface area contributed by atoms with E-state index in [0.29, 0.717) is 10.7 Å². The number of amides is 3. The second kappa shape index (κ2) is 8.35. The molecule has 1 atom stereocenters. The zero-order chi connectivity index (χ0) is 18.4. The van der Waals surface area contributed by atoms with Crippen molar-refractivity contribution in [2.75, 3.05) is 5.32 Å².